The van der Waals surface area contributed by atoms with Crippen LogP contribution in [0.1, 0.15) is 25.5 Å². The predicted octanol–water partition coefficient (Wildman–Crippen LogP) is 2.75. The van der Waals surface area contributed by atoms with Gasteiger partial charge in [-0.2, -0.15) is 0 Å². The topological polar surface area (TPSA) is 73.7 Å². The Balaban J connectivity index is 1.64. The molecule has 1 aromatic heterocycles. The van der Waals surface area contributed by atoms with E-state index in [1.165, 1.54) is 12.1 Å². The molecular weight excluding hydrogens is 409 g/mol. The van der Waals surface area contributed by atoms with Gasteiger partial charge in [0.2, 0.25) is 15.0 Å². The summed E-state index contributed by atoms with van der Waals surface area (Å²) >= 11 is 0. The van der Waals surface area contributed by atoms with E-state index in [0.717, 1.165) is 31.6 Å². The minimum absolute atomic E-state index is 0.0168. The number of hydrogen-bond acceptors (Lipinski definition) is 6. The third-order valence-corrected chi connectivity index (χ3v) is 7.01. The summed E-state index contributed by atoms with van der Waals surface area (Å²) in [4.78, 5) is 6.53. The molecule has 1 unspecified atom stereocenters. The second-order valence-corrected chi connectivity index (χ2v) is 9.76. The lowest BCUT2D eigenvalue weighted by molar-refractivity contribution is 0.121. The number of hydrogen-bond donors (Lipinski definition) is 0. The van der Waals surface area contributed by atoms with E-state index in [1.54, 1.807) is 36.9 Å². The fraction of sp³-hybridized carbons (Fsp3) is 0.571. The SMILES string of the molecule is CCS(=O)(=O)c1ncc(CN2CCCC(COc3ccc(F)cc3)C2)n1CCOC. The third-order valence-electron chi connectivity index (χ3n) is 5.37. The van der Waals surface area contributed by atoms with Crippen molar-refractivity contribution in [3.8, 4) is 5.75 Å². The average molecular weight is 440 g/mol. The lowest BCUT2D eigenvalue weighted by Crippen LogP contribution is -2.37. The quantitative estimate of drug-likeness (QED) is 0.567. The zero-order chi connectivity index (χ0) is 21.6. The van der Waals surface area contributed by atoms with Crippen LogP contribution in [0, 0.1) is 11.7 Å². The van der Waals surface area contributed by atoms with Crippen molar-refractivity contribution in [1.82, 2.24) is 14.5 Å². The second-order valence-electron chi connectivity index (χ2n) is 7.59. The summed E-state index contributed by atoms with van der Waals surface area (Å²) in [6, 6.07) is 6.07. The van der Waals surface area contributed by atoms with Gasteiger partial charge in [-0.3, -0.25) is 4.90 Å². The maximum atomic E-state index is 13.0. The second kappa shape index (κ2) is 10.4. The molecule has 1 aliphatic rings. The molecule has 1 fully saturated rings. The van der Waals surface area contributed by atoms with Gasteiger partial charge < -0.3 is 14.0 Å². The third kappa shape index (κ3) is 5.80. The van der Waals surface area contributed by atoms with Gasteiger partial charge in [0.15, 0.2) is 0 Å². The summed E-state index contributed by atoms with van der Waals surface area (Å²) in [6.07, 6.45) is 3.77. The van der Waals surface area contributed by atoms with Crippen LogP contribution in [-0.4, -0.2) is 62.0 Å². The van der Waals surface area contributed by atoms with Gasteiger partial charge >= 0.3 is 0 Å². The van der Waals surface area contributed by atoms with Crippen LogP contribution in [0.3, 0.4) is 0 Å². The van der Waals surface area contributed by atoms with E-state index < -0.39 is 9.84 Å². The highest BCUT2D eigenvalue weighted by Crippen LogP contribution is 2.22. The van der Waals surface area contributed by atoms with Crippen molar-refractivity contribution in [3.63, 3.8) is 0 Å². The summed E-state index contributed by atoms with van der Waals surface area (Å²) < 4.78 is 50.6. The maximum Gasteiger partial charge on any atom is 0.227 e. The fourth-order valence-electron chi connectivity index (χ4n) is 3.72. The highest BCUT2D eigenvalue weighted by atomic mass is 32.2. The molecule has 0 N–H and O–H groups in total. The first-order valence-electron chi connectivity index (χ1n) is 10.3. The van der Waals surface area contributed by atoms with E-state index in [4.69, 9.17) is 9.47 Å². The molecule has 0 amide bonds. The number of methoxy groups -OCH3 is 1. The number of likely N-dealkylation sites (tertiary alicyclic amines) is 1. The summed E-state index contributed by atoms with van der Waals surface area (Å²) in [6.45, 7) is 5.49. The van der Waals surface area contributed by atoms with Crippen molar-refractivity contribution in [1.29, 1.82) is 0 Å². The zero-order valence-electron chi connectivity index (χ0n) is 17.6. The smallest absolute Gasteiger partial charge is 0.227 e. The molecule has 0 spiro atoms. The Labute approximate surface area is 177 Å². The van der Waals surface area contributed by atoms with E-state index in [0.29, 0.717) is 38.0 Å². The van der Waals surface area contributed by atoms with E-state index in [9.17, 15) is 12.8 Å². The monoisotopic (exact) mass is 439 g/mol. The molecule has 3 rings (SSSR count). The van der Waals surface area contributed by atoms with Crippen LogP contribution in [0.15, 0.2) is 35.6 Å². The summed E-state index contributed by atoms with van der Waals surface area (Å²) in [5.74, 6) is 0.766. The van der Waals surface area contributed by atoms with E-state index >= 15 is 0 Å². The van der Waals surface area contributed by atoms with Gasteiger partial charge in [-0.25, -0.2) is 17.8 Å². The van der Waals surface area contributed by atoms with Crippen molar-refractivity contribution in [3.05, 3.63) is 42.0 Å². The number of nitrogens with zero attached hydrogens (tertiary/aromatic N) is 3. The van der Waals surface area contributed by atoms with Crippen LogP contribution in [0.5, 0.6) is 5.75 Å². The fourth-order valence-corrected chi connectivity index (χ4v) is 4.74. The molecule has 0 saturated carbocycles. The number of sulfone groups is 1. The van der Waals surface area contributed by atoms with E-state index in [-0.39, 0.29) is 16.7 Å². The summed E-state index contributed by atoms with van der Waals surface area (Å²) in [5, 5.41) is 0.116. The number of aromatic nitrogens is 2. The van der Waals surface area contributed by atoms with Gasteiger partial charge in [0.05, 0.1) is 30.9 Å². The van der Waals surface area contributed by atoms with Crippen LogP contribution in [0.2, 0.25) is 0 Å². The molecule has 1 saturated heterocycles. The Bertz CT molecular complexity index is 915. The van der Waals surface area contributed by atoms with Crippen LogP contribution in [0.4, 0.5) is 4.39 Å². The van der Waals surface area contributed by atoms with E-state index in [1.807, 2.05) is 0 Å². The molecule has 2 heterocycles. The first-order valence-corrected chi connectivity index (χ1v) is 11.9. The van der Waals surface area contributed by atoms with Crippen molar-refractivity contribution >= 4 is 9.84 Å². The van der Waals surface area contributed by atoms with Gasteiger partial charge in [0.25, 0.3) is 0 Å². The molecule has 9 heteroatoms. The summed E-state index contributed by atoms with van der Waals surface area (Å²) in [5.41, 5.74) is 0.874. The number of ether oxygens (including phenoxy) is 2. The minimum atomic E-state index is -3.40. The Hall–Kier alpha value is -1.97. The van der Waals surface area contributed by atoms with Gasteiger partial charge in [-0.05, 0) is 43.7 Å². The lowest BCUT2D eigenvalue weighted by atomic mass is 9.99. The molecule has 1 atom stereocenters. The van der Waals surface area contributed by atoms with Crippen molar-refractivity contribution in [2.75, 3.05) is 39.2 Å². The molecule has 1 aliphatic heterocycles. The van der Waals surface area contributed by atoms with Gasteiger partial charge in [-0.15, -0.1) is 0 Å². The van der Waals surface area contributed by atoms with Crippen molar-refractivity contribution in [2.45, 2.75) is 38.0 Å². The van der Waals surface area contributed by atoms with Gasteiger partial charge in [0, 0.05) is 32.7 Å². The number of imidazole rings is 1. The summed E-state index contributed by atoms with van der Waals surface area (Å²) in [7, 11) is -1.80. The number of piperidine rings is 1. The van der Waals surface area contributed by atoms with Crippen LogP contribution < -0.4 is 4.74 Å². The Morgan fingerprint density at radius 2 is 2.03 bits per heavy atom. The maximum absolute atomic E-state index is 13.0. The molecule has 166 valence electrons. The Morgan fingerprint density at radius 3 is 2.73 bits per heavy atom. The molecule has 2 aromatic rings. The average Bonchev–Trinajstić information content (AvgIpc) is 3.15. The number of halogens is 1. The highest BCUT2D eigenvalue weighted by molar-refractivity contribution is 7.91. The normalized spacial score (nSPS) is 17.9. The molecular formula is C21H30FN3O4S. The molecule has 30 heavy (non-hydrogen) atoms. The Kier molecular flexibility index (Phi) is 7.85. The van der Waals surface area contributed by atoms with Gasteiger partial charge in [-0.1, -0.05) is 6.92 Å². The lowest BCUT2D eigenvalue weighted by Gasteiger charge is -2.32. The minimum Gasteiger partial charge on any atom is -0.493 e. The largest absolute Gasteiger partial charge is 0.493 e. The van der Waals surface area contributed by atoms with Crippen molar-refractivity contribution < 1.29 is 22.3 Å². The van der Waals surface area contributed by atoms with Gasteiger partial charge in [0.1, 0.15) is 11.6 Å². The van der Waals surface area contributed by atoms with Crippen LogP contribution >= 0.6 is 0 Å². The predicted molar refractivity (Wildman–Crippen MR) is 112 cm³/mol. The standard InChI is InChI=1S/C21H30FN3O4S/c1-3-30(26,27)21-23-13-19(25(21)11-12-28-2)15-24-10-4-5-17(14-24)16-29-20-8-6-18(22)7-9-20/h6-9,13,17H,3-5,10-12,14-16H2,1-2H3. The molecule has 1 aromatic carbocycles. The first-order chi connectivity index (χ1) is 14.4. The zero-order valence-corrected chi connectivity index (χ0v) is 18.4. The Morgan fingerprint density at radius 1 is 1.27 bits per heavy atom. The van der Waals surface area contributed by atoms with Crippen molar-refractivity contribution in [2.24, 2.45) is 5.92 Å². The molecule has 0 bridgehead atoms. The number of rotatable bonds is 10. The highest BCUT2D eigenvalue weighted by Gasteiger charge is 2.25. The first kappa shape index (κ1) is 22.7. The molecule has 0 aliphatic carbocycles. The van der Waals surface area contributed by atoms with E-state index in [2.05, 4.69) is 9.88 Å². The van der Waals surface area contributed by atoms with Crippen LogP contribution in [0.25, 0.3) is 0 Å². The molecule has 7 nitrogen and oxygen atoms in total. The van der Waals surface area contributed by atoms with Crippen LogP contribution in [-0.2, 0) is 27.7 Å². The molecule has 0 radical (unpaired) electrons. The number of benzene rings is 1.